The second-order valence-electron chi connectivity index (χ2n) is 3.05. The molecule has 0 aliphatic carbocycles. The number of hydrogen-bond acceptors (Lipinski definition) is 4. The Labute approximate surface area is 71.6 Å². The molecule has 3 N–H and O–H groups in total. The molecular weight excluding hydrogens is 182 g/mol. The van der Waals surface area contributed by atoms with E-state index in [1.807, 2.05) is 0 Å². The van der Waals surface area contributed by atoms with Crippen molar-refractivity contribution in [3.05, 3.63) is 0 Å². The molecule has 0 radical (unpaired) electrons. The standard InChI is InChI=1S/C6H13NO4S/c1-2-5(7)6(3-11-4-6)12(8,9)10/h5H,2-4,7H2,1H3,(H,8,9,10)/t5-/m1/s1. The summed E-state index contributed by atoms with van der Waals surface area (Å²) < 4.78 is 34.3. The van der Waals surface area contributed by atoms with Crippen LogP contribution in [-0.2, 0) is 14.9 Å². The van der Waals surface area contributed by atoms with Gasteiger partial charge < -0.3 is 10.5 Å². The predicted molar refractivity (Wildman–Crippen MR) is 43.4 cm³/mol. The van der Waals surface area contributed by atoms with E-state index in [0.29, 0.717) is 6.42 Å². The van der Waals surface area contributed by atoms with Crippen molar-refractivity contribution in [3.63, 3.8) is 0 Å². The van der Waals surface area contributed by atoms with E-state index >= 15 is 0 Å². The van der Waals surface area contributed by atoms with Crippen molar-refractivity contribution in [2.75, 3.05) is 13.2 Å². The lowest BCUT2D eigenvalue weighted by atomic mass is 9.96. The van der Waals surface area contributed by atoms with E-state index < -0.39 is 20.9 Å². The molecule has 1 atom stereocenters. The number of nitrogens with two attached hydrogens (primary N) is 1. The average molecular weight is 195 g/mol. The summed E-state index contributed by atoms with van der Waals surface area (Å²) in [6.45, 7) is 1.78. The lowest BCUT2D eigenvalue weighted by Gasteiger charge is -2.42. The second-order valence-corrected chi connectivity index (χ2v) is 4.81. The molecule has 0 aromatic carbocycles. The summed E-state index contributed by atoms with van der Waals surface area (Å²) in [6.07, 6.45) is 0.503. The van der Waals surface area contributed by atoms with Gasteiger partial charge in [0.25, 0.3) is 10.1 Å². The molecule has 1 aliphatic rings. The largest absolute Gasteiger partial charge is 0.378 e. The van der Waals surface area contributed by atoms with Crippen LogP contribution in [0.25, 0.3) is 0 Å². The van der Waals surface area contributed by atoms with Gasteiger partial charge in [-0.15, -0.1) is 0 Å². The van der Waals surface area contributed by atoms with E-state index in [2.05, 4.69) is 0 Å². The fourth-order valence-corrected chi connectivity index (χ4v) is 2.24. The maximum absolute atomic E-state index is 10.9. The molecule has 0 spiro atoms. The zero-order valence-corrected chi connectivity index (χ0v) is 7.67. The van der Waals surface area contributed by atoms with Gasteiger partial charge in [-0.05, 0) is 6.42 Å². The third kappa shape index (κ3) is 1.24. The fourth-order valence-electron chi connectivity index (χ4n) is 1.23. The molecule has 0 aromatic rings. The third-order valence-corrected chi connectivity index (χ3v) is 3.89. The van der Waals surface area contributed by atoms with Crippen LogP contribution in [0.1, 0.15) is 13.3 Å². The lowest BCUT2D eigenvalue weighted by Crippen LogP contribution is -2.65. The minimum absolute atomic E-state index is 0.000833. The Balaban J connectivity index is 2.91. The SMILES string of the molecule is CC[C@@H](N)C1(S(=O)(=O)O)COC1. The van der Waals surface area contributed by atoms with Gasteiger partial charge in [-0.3, -0.25) is 4.55 Å². The Hall–Kier alpha value is -0.170. The van der Waals surface area contributed by atoms with E-state index in [1.165, 1.54) is 0 Å². The first kappa shape index (κ1) is 9.91. The predicted octanol–water partition coefficient (Wildman–Crippen LogP) is -0.619. The number of rotatable bonds is 3. The molecule has 0 aromatic heterocycles. The van der Waals surface area contributed by atoms with Gasteiger partial charge in [0.05, 0.1) is 13.2 Å². The topological polar surface area (TPSA) is 89.6 Å². The summed E-state index contributed by atoms with van der Waals surface area (Å²) in [5.74, 6) is 0. The summed E-state index contributed by atoms with van der Waals surface area (Å²) in [4.78, 5) is 0. The van der Waals surface area contributed by atoms with Crippen LogP contribution < -0.4 is 5.73 Å². The van der Waals surface area contributed by atoms with Crippen molar-refractivity contribution in [2.24, 2.45) is 5.73 Å². The zero-order valence-electron chi connectivity index (χ0n) is 6.86. The van der Waals surface area contributed by atoms with Crippen LogP contribution in [-0.4, -0.2) is 37.0 Å². The normalized spacial score (nSPS) is 24.6. The third-order valence-electron chi connectivity index (χ3n) is 2.32. The van der Waals surface area contributed by atoms with Gasteiger partial charge in [-0.2, -0.15) is 8.42 Å². The van der Waals surface area contributed by atoms with E-state index in [0.717, 1.165) is 0 Å². The Morgan fingerprint density at radius 3 is 2.25 bits per heavy atom. The highest BCUT2D eigenvalue weighted by atomic mass is 32.2. The molecule has 1 saturated heterocycles. The number of hydrogen-bond donors (Lipinski definition) is 2. The summed E-state index contributed by atoms with van der Waals surface area (Å²) >= 11 is 0. The molecule has 1 heterocycles. The molecule has 1 rings (SSSR count). The van der Waals surface area contributed by atoms with Crippen LogP contribution in [0.2, 0.25) is 0 Å². The van der Waals surface area contributed by atoms with Gasteiger partial charge in [0, 0.05) is 6.04 Å². The summed E-state index contributed by atoms with van der Waals surface area (Å²) in [6, 6.07) is -0.554. The highest BCUT2D eigenvalue weighted by Crippen LogP contribution is 2.30. The Morgan fingerprint density at radius 2 is 2.17 bits per heavy atom. The molecule has 0 bridgehead atoms. The molecule has 0 saturated carbocycles. The molecule has 1 aliphatic heterocycles. The van der Waals surface area contributed by atoms with E-state index in [4.69, 9.17) is 15.0 Å². The van der Waals surface area contributed by atoms with Crippen molar-refractivity contribution in [2.45, 2.75) is 24.1 Å². The molecule has 0 amide bonds. The molecule has 5 nitrogen and oxygen atoms in total. The molecule has 1 fully saturated rings. The Kier molecular flexibility index (Phi) is 2.44. The highest BCUT2D eigenvalue weighted by Gasteiger charge is 2.54. The van der Waals surface area contributed by atoms with Crippen LogP contribution >= 0.6 is 0 Å². The fraction of sp³-hybridized carbons (Fsp3) is 1.00. The van der Waals surface area contributed by atoms with Gasteiger partial charge in [-0.1, -0.05) is 6.92 Å². The van der Waals surface area contributed by atoms with Gasteiger partial charge in [0.1, 0.15) is 0 Å². The molecular formula is C6H13NO4S. The Bertz CT molecular complexity index is 257. The van der Waals surface area contributed by atoms with Crippen LogP contribution in [0, 0.1) is 0 Å². The first-order valence-electron chi connectivity index (χ1n) is 3.74. The van der Waals surface area contributed by atoms with Gasteiger partial charge in [0.15, 0.2) is 4.75 Å². The Morgan fingerprint density at radius 1 is 1.67 bits per heavy atom. The minimum Gasteiger partial charge on any atom is -0.378 e. The van der Waals surface area contributed by atoms with E-state index in [9.17, 15) is 8.42 Å². The summed E-state index contributed by atoms with van der Waals surface area (Å²) in [5.41, 5.74) is 5.58. The quantitative estimate of drug-likeness (QED) is 0.586. The zero-order chi connectivity index (χ0) is 9.41. The lowest BCUT2D eigenvalue weighted by molar-refractivity contribution is -0.0288. The van der Waals surface area contributed by atoms with Crippen LogP contribution in [0.5, 0.6) is 0 Å². The maximum atomic E-state index is 10.9. The van der Waals surface area contributed by atoms with Crippen molar-refractivity contribution in [1.29, 1.82) is 0 Å². The first-order valence-corrected chi connectivity index (χ1v) is 5.18. The summed E-state index contributed by atoms with van der Waals surface area (Å²) in [7, 11) is -4.09. The van der Waals surface area contributed by atoms with Crippen LogP contribution in [0.15, 0.2) is 0 Å². The molecule has 72 valence electrons. The number of ether oxygens (including phenoxy) is 1. The highest BCUT2D eigenvalue weighted by molar-refractivity contribution is 7.87. The minimum atomic E-state index is -4.09. The van der Waals surface area contributed by atoms with Crippen molar-refractivity contribution >= 4 is 10.1 Å². The van der Waals surface area contributed by atoms with Crippen molar-refractivity contribution in [3.8, 4) is 0 Å². The van der Waals surface area contributed by atoms with Crippen LogP contribution in [0.4, 0.5) is 0 Å². The van der Waals surface area contributed by atoms with E-state index in [-0.39, 0.29) is 13.2 Å². The van der Waals surface area contributed by atoms with Crippen LogP contribution in [0.3, 0.4) is 0 Å². The molecule has 0 unspecified atom stereocenters. The van der Waals surface area contributed by atoms with Crippen molar-refractivity contribution < 1.29 is 17.7 Å². The average Bonchev–Trinajstić information content (AvgIpc) is 1.81. The van der Waals surface area contributed by atoms with E-state index in [1.54, 1.807) is 6.92 Å². The smallest absolute Gasteiger partial charge is 0.276 e. The molecule has 12 heavy (non-hydrogen) atoms. The van der Waals surface area contributed by atoms with Gasteiger partial charge in [0.2, 0.25) is 0 Å². The van der Waals surface area contributed by atoms with Gasteiger partial charge in [-0.25, -0.2) is 0 Å². The van der Waals surface area contributed by atoms with Gasteiger partial charge >= 0.3 is 0 Å². The monoisotopic (exact) mass is 195 g/mol. The summed E-state index contributed by atoms with van der Waals surface area (Å²) in [5, 5.41) is 0. The maximum Gasteiger partial charge on any atom is 0.276 e. The second kappa shape index (κ2) is 2.95. The van der Waals surface area contributed by atoms with Crippen molar-refractivity contribution in [1.82, 2.24) is 0 Å². The molecule has 6 heteroatoms. The first-order chi connectivity index (χ1) is 5.44.